The number of carbonyl (C=O) groups is 1. The molecule has 1 aromatic rings. The summed E-state index contributed by atoms with van der Waals surface area (Å²) in [7, 11) is 0. The van der Waals surface area contributed by atoms with Crippen LogP contribution in [0.4, 0.5) is 0 Å². The molecule has 0 N–H and O–H groups in total. The van der Waals surface area contributed by atoms with E-state index in [9.17, 15) is 4.79 Å². The zero-order valence-electron chi connectivity index (χ0n) is 10.8. The maximum absolute atomic E-state index is 12.4. The smallest absolute Gasteiger partial charge is 0.186 e. The molecule has 0 radical (unpaired) electrons. The van der Waals surface area contributed by atoms with Crippen molar-refractivity contribution < 1.29 is 4.79 Å². The fraction of sp³-hybridized carbons (Fsp3) is 0.571. The number of allylic oxidation sites excluding steroid dienone is 2. The molecule has 0 unspecified atom stereocenters. The molecule has 0 atom stereocenters. The van der Waals surface area contributed by atoms with Crippen molar-refractivity contribution in [1.82, 2.24) is 9.78 Å². The largest absolute Gasteiger partial charge is 0.292 e. The number of nitrogens with zero attached hydrogens (tertiary/aromatic N) is 2. The van der Waals surface area contributed by atoms with Gasteiger partial charge in [-0.25, -0.2) is 0 Å². The Bertz CT molecular complexity index is 462. The molecule has 98 valence electrons. The molecule has 1 aromatic heterocycles. The molecule has 0 spiro atoms. The summed E-state index contributed by atoms with van der Waals surface area (Å²) < 4.78 is 2.63. The van der Waals surface area contributed by atoms with Crippen molar-refractivity contribution in [1.29, 1.82) is 0 Å². The Labute approximate surface area is 116 Å². The quantitative estimate of drug-likeness (QED) is 0.605. The van der Waals surface area contributed by atoms with Gasteiger partial charge >= 0.3 is 0 Å². The van der Waals surface area contributed by atoms with Crippen LogP contribution in [0.25, 0.3) is 0 Å². The van der Waals surface area contributed by atoms with Crippen molar-refractivity contribution in [3.63, 3.8) is 0 Å². The van der Waals surface area contributed by atoms with E-state index in [1.54, 1.807) is 6.20 Å². The second-order valence-corrected chi connectivity index (χ2v) is 5.63. The minimum absolute atomic E-state index is 0.181. The lowest BCUT2D eigenvalue weighted by atomic mass is 9.95. The van der Waals surface area contributed by atoms with E-state index in [0.717, 1.165) is 36.0 Å². The lowest BCUT2D eigenvalue weighted by Crippen LogP contribution is -2.12. The summed E-state index contributed by atoms with van der Waals surface area (Å²) in [6.45, 7) is 2.89. The van der Waals surface area contributed by atoms with Crippen molar-refractivity contribution in [3.8, 4) is 0 Å². The number of halogens is 1. The number of Topliss-reactive ketones (excluding diaryl/α,β-unsaturated/α-hetero) is 1. The summed E-state index contributed by atoms with van der Waals surface area (Å²) in [5.74, 6) is 0.181. The molecule has 2 rings (SSSR count). The van der Waals surface area contributed by atoms with E-state index in [1.807, 2.05) is 4.68 Å². The summed E-state index contributed by atoms with van der Waals surface area (Å²) in [4.78, 5) is 12.4. The number of ketones is 1. The minimum Gasteiger partial charge on any atom is -0.292 e. The topological polar surface area (TPSA) is 34.9 Å². The maximum Gasteiger partial charge on any atom is 0.186 e. The van der Waals surface area contributed by atoms with Gasteiger partial charge in [0.1, 0.15) is 5.69 Å². The van der Waals surface area contributed by atoms with Crippen molar-refractivity contribution in [2.24, 2.45) is 0 Å². The zero-order valence-corrected chi connectivity index (χ0v) is 12.4. The van der Waals surface area contributed by atoms with Crippen LogP contribution >= 0.6 is 15.9 Å². The second kappa shape index (κ2) is 6.32. The van der Waals surface area contributed by atoms with Gasteiger partial charge in [-0.2, -0.15) is 5.10 Å². The lowest BCUT2D eigenvalue weighted by molar-refractivity contribution is 0.0980. The predicted octanol–water partition coefficient (Wildman–Crippen LogP) is 4.13. The highest BCUT2D eigenvalue weighted by Crippen LogP contribution is 2.24. The zero-order chi connectivity index (χ0) is 13.0. The SMILES string of the molecule is CCCn1ncc(Br)c1C(=O)CC1=CCCCC1. The molecular weight excluding hydrogens is 292 g/mol. The molecule has 0 amide bonds. The molecule has 0 saturated heterocycles. The number of aromatic nitrogens is 2. The molecule has 0 aliphatic heterocycles. The third-order valence-corrected chi connectivity index (χ3v) is 3.85. The van der Waals surface area contributed by atoms with Crippen molar-refractivity contribution in [2.45, 2.75) is 52.0 Å². The second-order valence-electron chi connectivity index (χ2n) is 4.77. The molecule has 1 heterocycles. The maximum atomic E-state index is 12.4. The highest BCUT2D eigenvalue weighted by Gasteiger charge is 2.18. The van der Waals surface area contributed by atoms with E-state index in [4.69, 9.17) is 0 Å². The van der Waals surface area contributed by atoms with E-state index in [0.29, 0.717) is 6.42 Å². The Morgan fingerprint density at radius 3 is 3.00 bits per heavy atom. The van der Waals surface area contributed by atoms with Gasteiger partial charge in [-0.05, 0) is 48.0 Å². The summed E-state index contributed by atoms with van der Waals surface area (Å²) in [5.41, 5.74) is 2.02. The van der Waals surface area contributed by atoms with Gasteiger partial charge in [0.25, 0.3) is 0 Å². The fourth-order valence-electron chi connectivity index (χ4n) is 2.38. The number of hydrogen-bond acceptors (Lipinski definition) is 2. The first-order valence-corrected chi connectivity index (χ1v) is 7.44. The van der Waals surface area contributed by atoms with E-state index in [-0.39, 0.29) is 5.78 Å². The Balaban J connectivity index is 2.12. The molecule has 3 nitrogen and oxygen atoms in total. The van der Waals surface area contributed by atoms with Crippen LogP contribution in [0.1, 0.15) is 55.9 Å². The van der Waals surface area contributed by atoms with E-state index in [1.165, 1.54) is 18.4 Å². The number of aryl methyl sites for hydroxylation is 1. The summed E-state index contributed by atoms with van der Waals surface area (Å²) >= 11 is 3.43. The first-order valence-electron chi connectivity index (χ1n) is 6.64. The first-order chi connectivity index (χ1) is 8.72. The van der Waals surface area contributed by atoms with Crippen LogP contribution in [0.5, 0.6) is 0 Å². The Hall–Kier alpha value is -0.900. The van der Waals surface area contributed by atoms with Crippen LogP contribution in [-0.4, -0.2) is 15.6 Å². The normalized spacial score (nSPS) is 15.6. The highest BCUT2D eigenvalue weighted by molar-refractivity contribution is 9.10. The average molecular weight is 311 g/mol. The van der Waals surface area contributed by atoms with Crippen molar-refractivity contribution >= 4 is 21.7 Å². The Morgan fingerprint density at radius 2 is 2.33 bits per heavy atom. The molecule has 0 bridgehead atoms. The van der Waals surface area contributed by atoms with Crippen molar-refractivity contribution in [3.05, 3.63) is 28.0 Å². The van der Waals surface area contributed by atoms with Crippen molar-refractivity contribution in [2.75, 3.05) is 0 Å². The van der Waals surface area contributed by atoms with Crippen LogP contribution in [-0.2, 0) is 6.54 Å². The molecule has 4 heteroatoms. The number of carbonyl (C=O) groups excluding carboxylic acids is 1. The van der Waals surface area contributed by atoms with Crippen LogP contribution in [0.2, 0.25) is 0 Å². The molecule has 1 aliphatic rings. The molecule has 0 aromatic carbocycles. The van der Waals surface area contributed by atoms with E-state index in [2.05, 4.69) is 34.0 Å². The average Bonchev–Trinajstić information content (AvgIpc) is 2.72. The summed E-state index contributed by atoms with van der Waals surface area (Å²) in [6, 6.07) is 0. The van der Waals surface area contributed by atoms with Gasteiger partial charge in [-0.1, -0.05) is 18.6 Å². The van der Waals surface area contributed by atoms with Gasteiger partial charge in [0.15, 0.2) is 5.78 Å². The third kappa shape index (κ3) is 3.10. The first kappa shape index (κ1) is 13.5. The monoisotopic (exact) mass is 310 g/mol. The van der Waals surface area contributed by atoms with Gasteiger partial charge in [-0.3, -0.25) is 9.48 Å². The standard InChI is InChI=1S/C14H19BrN2O/c1-2-8-17-14(12(15)10-16-17)13(18)9-11-6-4-3-5-7-11/h6,10H,2-5,7-9H2,1H3. The molecule has 1 aliphatic carbocycles. The predicted molar refractivity (Wildman–Crippen MR) is 75.7 cm³/mol. The lowest BCUT2D eigenvalue weighted by Gasteiger charge is -2.12. The molecular formula is C14H19BrN2O. The fourth-order valence-corrected chi connectivity index (χ4v) is 2.89. The van der Waals surface area contributed by atoms with Gasteiger partial charge in [-0.15, -0.1) is 0 Å². The molecule has 0 saturated carbocycles. The van der Waals surface area contributed by atoms with Gasteiger partial charge < -0.3 is 0 Å². The number of rotatable bonds is 5. The summed E-state index contributed by atoms with van der Waals surface area (Å²) in [5, 5.41) is 4.25. The van der Waals surface area contributed by atoms with Crippen LogP contribution in [0, 0.1) is 0 Å². The van der Waals surface area contributed by atoms with Gasteiger partial charge in [0, 0.05) is 13.0 Å². The third-order valence-electron chi connectivity index (χ3n) is 3.27. The van der Waals surface area contributed by atoms with Crippen LogP contribution in [0.15, 0.2) is 22.3 Å². The molecule has 0 fully saturated rings. The Morgan fingerprint density at radius 1 is 1.50 bits per heavy atom. The van der Waals surface area contributed by atoms with Crippen LogP contribution < -0.4 is 0 Å². The van der Waals surface area contributed by atoms with Gasteiger partial charge in [0.2, 0.25) is 0 Å². The summed E-state index contributed by atoms with van der Waals surface area (Å²) in [6.07, 6.45) is 10.2. The number of hydrogen-bond donors (Lipinski definition) is 0. The van der Waals surface area contributed by atoms with Gasteiger partial charge in [0.05, 0.1) is 10.7 Å². The minimum atomic E-state index is 0.181. The highest BCUT2D eigenvalue weighted by atomic mass is 79.9. The molecule has 18 heavy (non-hydrogen) atoms. The van der Waals surface area contributed by atoms with E-state index < -0.39 is 0 Å². The Kier molecular flexibility index (Phi) is 4.75. The van der Waals surface area contributed by atoms with E-state index >= 15 is 0 Å². The van der Waals surface area contributed by atoms with Crippen LogP contribution in [0.3, 0.4) is 0 Å².